The van der Waals surface area contributed by atoms with Crippen molar-refractivity contribution in [2.75, 3.05) is 0 Å². The van der Waals surface area contributed by atoms with E-state index in [1.54, 1.807) is 12.1 Å². The van der Waals surface area contributed by atoms with E-state index in [0.717, 1.165) is 36.0 Å². The second kappa shape index (κ2) is 12.8. The van der Waals surface area contributed by atoms with Gasteiger partial charge in [0.2, 0.25) is 0 Å². The molecule has 0 fully saturated rings. The fraction of sp³-hybridized carbons (Fsp3) is 0.405. The molecule has 0 saturated heterocycles. The Labute approximate surface area is 236 Å². The van der Waals surface area contributed by atoms with Gasteiger partial charge in [-0.1, -0.05) is 108 Å². The third-order valence-corrected chi connectivity index (χ3v) is 8.86. The lowest BCUT2D eigenvalue weighted by molar-refractivity contribution is 0.374. The van der Waals surface area contributed by atoms with Gasteiger partial charge in [0.25, 0.3) is 0 Å². The maximum absolute atomic E-state index is 14.7. The Balaban J connectivity index is 1.98. The molecule has 0 aliphatic carbocycles. The van der Waals surface area contributed by atoms with Gasteiger partial charge in [0.05, 0.1) is 5.76 Å². The van der Waals surface area contributed by atoms with Gasteiger partial charge in [0, 0.05) is 11.8 Å². The first-order valence-electron chi connectivity index (χ1n) is 14.6. The highest BCUT2D eigenvalue weighted by molar-refractivity contribution is 5.69. The topological polar surface area (TPSA) is 20.2 Å². The van der Waals surface area contributed by atoms with Crippen molar-refractivity contribution in [2.24, 2.45) is 5.41 Å². The average Bonchev–Trinajstić information content (AvgIpc) is 2.90. The second-order valence-electron chi connectivity index (χ2n) is 11.5. The van der Waals surface area contributed by atoms with Gasteiger partial charge in [-0.05, 0) is 95.5 Å². The predicted octanol–water partition coefficient (Wildman–Crippen LogP) is 11.1. The predicted molar refractivity (Wildman–Crippen MR) is 167 cm³/mol. The number of hydrogen-bond acceptors (Lipinski definition) is 1. The zero-order valence-corrected chi connectivity index (χ0v) is 25.1. The Morgan fingerprint density at radius 3 is 2.03 bits per heavy atom. The molecule has 1 nitrogen and oxygen atoms in total. The van der Waals surface area contributed by atoms with Crippen molar-refractivity contribution in [3.05, 3.63) is 112 Å². The summed E-state index contributed by atoms with van der Waals surface area (Å²) in [6, 6.07) is 18.8. The maximum atomic E-state index is 14.7. The van der Waals surface area contributed by atoms with E-state index in [1.807, 2.05) is 6.07 Å². The highest BCUT2D eigenvalue weighted by Gasteiger charge is 2.31. The molecule has 0 aromatic heterocycles. The monoisotopic (exact) mass is 526 g/mol. The SMILES string of the molecule is C=C(O)Cc1ccc(-c2ccc(C(CC)(CC)c3ccc(/C=C/C(C)(CC)CCC)c(C)c3)cc2C)cc1F. The zero-order chi connectivity index (χ0) is 28.8. The van der Waals surface area contributed by atoms with E-state index in [1.165, 1.54) is 35.1 Å². The van der Waals surface area contributed by atoms with E-state index in [2.05, 4.69) is 104 Å². The summed E-state index contributed by atoms with van der Waals surface area (Å²) in [7, 11) is 0. The Bertz CT molecular complexity index is 1330. The number of hydrogen-bond donors (Lipinski definition) is 1. The molecular weight excluding hydrogens is 479 g/mol. The largest absolute Gasteiger partial charge is 0.513 e. The van der Waals surface area contributed by atoms with Crippen molar-refractivity contribution >= 4 is 6.08 Å². The summed E-state index contributed by atoms with van der Waals surface area (Å²) in [5.74, 6) is -0.353. The number of allylic oxidation sites excluding steroid dienone is 2. The molecule has 1 atom stereocenters. The smallest absolute Gasteiger partial charge is 0.127 e. The van der Waals surface area contributed by atoms with Gasteiger partial charge in [-0.3, -0.25) is 0 Å². The van der Waals surface area contributed by atoms with Gasteiger partial charge in [-0.2, -0.15) is 0 Å². The van der Waals surface area contributed by atoms with Crippen molar-refractivity contribution in [1.82, 2.24) is 0 Å². The average molecular weight is 527 g/mol. The standard InChI is InChI=1S/C37H47FO/c1-9-20-36(8,10-2)21-19-29-15-16-32(22-26(29)5)37(11-3,12-4)33-17-18-34(27(6)23-33)30-13-14-31(24-28(7)39)35(38)25-30/h13-19,21-23,25,39H,7,9-12,20,24H2,1-6,8H3/b21-19+. The summed E-state index contributed by atoms with van der Waals surface area (Å²) in [5, 5.41) is 9.46. The number of aliphatic hydroxyl groups is 1. The van der Waals surface area contributed by atoms with Gasteiger partial charge in [-0.15, -0.1) is 0 Å². The van der Waals surface area contributed by atoms with Crippen molar-refractivity contribution in [3.8, 4) is 11.1 Å². The highest BCUT2D eigenvalue weighted by atomic mass is 19.1. The van der Waals surface area contributed by atoms with Crippen LogP contribution in [0.5, 0.6) is 0 Å². The lowest BCUT2D eigenvalue weighted by atomic mass is 9.69. The van der Waals surface area contributed by atoms with Crippen LogP contribution in [0, 0.1) is 25.1 Å². The van der Waals surface area contributed by atoms with Crippen LogP contribution in [0.25, 0.3) is 17.2 Å². The maximum Gasteiger partial charge on any atom is 0.127 e. The van der Waals surface area contributed by atoms with Gasteiger partial charge < -0.3 is 5.11 Å². The van der Waals surface area contributed by atoms with Gasteiger partial charge >= 0.3 is 0 Å². The molecule has 0 spiro atoms. The zero-order valence-electron chi connectivity index (χ0n) is 25.1. The van der Waals surface area contributed by atoms with Gasteiger partial charge in [-0.25, -0.2) is 4.39 Å². The Morgan fingerprint density at radius 1 is 0.872 bits per heavy atom. The van der Waals surface area contributed by atoms with Crippen LogP contribution >= 0.6 is 0 Å². The molecule has 1 N–H and O–H groups in total. The van der Waals surface area contributed by atoms with Gasteiger partial charge in [0.15, 0.2) is 0 Å². The molecule has 0 aliphatic heterocycles. The molecule has 3 aromatic rings. The summed E-state index contributed by atoms with van der Waals surface area (Å²) in [4.78, 5) is 0. The van der Waals surface area contributed by atoms with Crippen LogP contribution < -0.4 is 0 Å². The Kier molecular flexibility index (Phi) is 9.99. The number of aliphatic hydroxyl groups excluding tert-OH is 1. The molecule has 3 rings (SSSR count). The fourth-order valence-corrected chi connectivity index (χ4v) is 6.00. The highest BCUT2D eigenvalue weighted by Crippen LogP contribution is 2.41. The van der Waals surface area contributed by atoms with E-state index in [-0.39, 0.29) is 28.8 Å². The van der Waals surface area contributed by atoms with Crippen LogP contribution in [0.15, 0.2) is 73.0 Å². The first kappa shape index (κ1) is 30.4. The first-order valence-corrected chi connectivity index (χ1v) is 14.6. The van der Waals surface area contributed by atoms with E-state index in [4.69, 9.17) is 0 Å². The first-order chi connectivity index (χ1) is 18.5. The fourth-order valence-electron chi connectivity index (χ4n) is 6.00. The third-order valence-electron chi connectivity index (χ3n) is 8.86. The molecule has 39 heavy (non-hydrogen) atoms. The normalized spacial score (nSPS) is 13.5. The molecule has 208 valence electrons. The van der Waals surface area contributed by atoms with E-state index in [9.17, 15) is 9.50 Å². The van der Waals surface area contributed by atoms with Crippen molar-refractivity contribution in [1.29, 1.82) is 0 Å². The lowest BCUT2D eigenvalue weighted by Gasteiger charge is -2.34. The van der Waals surface area contributed by atoms with Crippen LogP contribution in [-0.4, -0.2) is 5.11 Å². The van der Waals surface area contributed by atoms with Crippen LogP contribution in [0.3, 0.4) is 0 Å². The molecule has 0 amide bonds. The third kappa shape index (κ3) is 6.72. The number of halogens is 1. The van der Waals surface area contributed by atoms with Gasteiger partial charge in [0.1, 0.15) is 5.82 Å². The van der Waals surface area contributed by atoms with E-state index >= 15 is 0 Å². The minimum absolute atomic E-state index is 0.0344. The molecular formula is C37H47FO. The molecule has 0 heterocycles. The van der Waals surface area contributed by atoms with E-state index < -0.39 is 0 Å². The molecule has 0 radical (unpaired) electrons. The summed E-state index contributed by atoms with van der Waals surface area (Å²) < 4.78 is 14.7. The van der Waals surface area contributed by atoms with Crippen LogP contribution in [0.2, 0.25) is 0 Å². The summed E-state index contributed by atoms with van der Waals surface area (Å²) in [5.41, 5.74) is 8.84. The minimum Gasteiger partial charge on any atom is -0.513 e. The molecule has 0 bridgehead atoms. The van der Waals surface area contributed by atoms with Crippen LogP contribution in [0.1, 0.15) is 100 Å². The van der Waals surface area contributed by atoms with Crippen molar-refractivity contribution < 1.29 is 9.50 Å². The number of benzene rings is 3. The summed E-state index contributed by atoms with van der Waals surface area (Å²) in [6.45, 7) is 19.3. The quantitative estimate of drug-likeness (QED) is 0.233. The number of rotatable bonds is 12. The van der Waals surface area contributed by atoms with Crippen molar-refractivity contribution in [3.63, 3.8) is 0 Å². The van der Waals surface area contributed by atoms with Crippen molar-refractivity contribution in [2.45, 2.75) is 92.4 Å². The van der Waals surface area contributed by atoms with Crippen LogP contribution in [0.4, 0.5) is 4.39 Å². The lowest BCUT2D eigenvalue weighted by Crippen LogP contribution is -2.26. The Hall–Kier alpha value is -3.13. The number of aryl methyl sites for hydroxylation is 2. The molecule has 0 aliphatic rings. The molecule has 1 unspecified atom stereocenters. The summed E-state index contributed by atoms with van der Waals surface area (Å²) >= 11 is 0. The molecule has 3 aromatic carbocycles. The Morgan fingerprint density at radius 2 is 1.51 bits per heavy atom. The van der Waals surface area contributed by atoms with Crippen LogP contribution in [-0.2, 0) is 11.8 Å². The molecule has 0 saturated carbocycles. The molecule has 2 heteroatoms. The van der Waals surface area contributed by atoms with E-state index in [0.29, 0.717) is 5.56 Å². The summed E-state index contributed by atoms with van der Waals surface area (Å²) in [6.07, 6.45) is 10.4. The second-order valence-corrected chi connectivity index (χ2v) is 11.5. The minimum atomic E-state index is -0.318.